The summed E-state index contributed by atoms with van der Waals surface area (Å²) in [6, 6.07) is 2.32. The van der Waals surface area contributed by atoms with E-state index in [2.05, 4.69) is 19.6 Å². The van der Waals surface area contributed by atoms with Crippen LogP contribution in [0.5, 0.6) is 0 Å². The lowest BCUT2D eigenvalue weighted by atomic mass is 10.0. The van der Waals surface area contributed by atoms with Crippen LogP contribution in [0.25, 0.3) is 17.0 Å². The first-order valence-corrected chi connectivity index (χ1v) is 11.8. The van der Waals surface area contributed by atoms with E-state index in [1.165, 1.54) is 30.9 Å². The molecule has 1 aliphatic heterocycles. The maximum Gasteiger partial charge on any atom is 0.460 e. The second-order valence-corrected chi connectivity index (χ2v) is 9.78. The molecule has 2 bridgehead atoms. The van der Waals surface area contributed by atoms with Crippen molar-refractivity contribution in [2.75, 3.05) is 5.32 Å². The van der Waals surface area contributed by atoms with Gasteiger partial charge >= 0.3 is 33.4 Å². The van der Waals surface area contributed by atoms with E-state index in [0.29, 0.717) is 0 Å². The van der Waals surface area contributed by atoms with E-state index in [1.54, 1.807) is 0 Å². The van der Waals surface area contributed by atoms with Crippen molar-refractivity contribution in [2.45, 2.75) is 43.0 Å². The second kappa shape index (κ2) is 9.46. The number of fused-ring (bicyclic) bond motifs is 4. The fourth-order valence-corrected chi connectivity index (χ4v) is 4.24. The maximum absolute atomic E-state index is 14.2. The summed E-state index contributed by atoms with van der Waals surface area (Å²) in [6.45, 7) is 1.44. The van der Waals surface area contributed by atoms with Gasteiger partial charge in [-0.1, -0.05) is 6.92 Å². The number of pyridine rings is 1. The van der Waals surface area contributed by atoms with E-state index in [1.807, 2.05) is 0 Å². The highest BCUT2D eigenvalue weighted by atomic mass is 32.2. The summed E-state index contributed by atoms with van der Waals surface area (Å²) < 4.78 is 150. The van der Waals surface area contributed by atoms with Gasteiger partial charge in [0, 0.05) is 24.7 Å². The van der Waals surface area contributed by atoms with E-state index in [4.69, 9.17) is 0 Å². The molecule has 0 aromatic carbocycles. The fraction of sp³-hybridized carbons (Fsp3) is 0.450. The average Bonchev–Trinajstić information content (AvgIpc) is 3.16. The molecule has 2 aromatic heterocycles. The Balaban J connectivity index is 2.13. The Morgan fingerprint density at radius 3 is 2.32 bits per heavy atom. The quantitative estimate of drug-likeness (QED) is 0.396. The number of allylic oxidation sites excluding steroid dienone is 1. The van der Waals surface area contributed by atoms with Crippen LogP contribution >= 0.6 is 0 Å². The molecule has 1 amide bonds. The third-order valence-electron chi connectivity index (χ3n) is 5.49. The van der Waals surface area contributed by atoms with E-state index < -0.39 is 56.7 Å². The Morgan fingerprint density at radius 1 is 1.08 bits per heavy atom. The molecule has 0 saturated carbocycles. The van der Waals surface area contributed by atoms with Gasteiger partial charge in [0.05, 0.1) is 17.6 Å². The van der Waals surface area contributed by atoms with Crippen molar-refractivity contribution in [1.82, 2.24) is 14.8 Å². The lowest BCUT2D eigenvalue weighted by Crippen LogP contribution is -2.63. The van der Waals surface area contributed by atoms with E-state index >= 15 is 0 Å². The first kappa shape index (κ1) is 29.2. The van der Waals surface area contributed by atoms with Crippen LogP contribution in [0, 0.1) is 5.92 Å². The number of anilines is 1. The van der Waals surface area contributed by atoms with Gasteiger partial charge in [-0.2, -0.15) is 53.0 Å². The monoisotopic (exact) mass is 580 g/mol. The number of alkyl halides is 9. The van der Waals surface area contributed by atoms with E-state index in [-0.39, 0.29) is 29.8 Å². The molecule has 3 rings (SSSR count). The first-order valence-electron chi connectivity index (χ1n) is 10.4. The number of halogens is 9. The maximum atomic E-state index is 14.2. The van der Waals surface area contributed by atoms with Crippen molar-refractivity contribution < 1.29 is 56.9 Å². The van der Waals surface area contributed by atoms with E-state index in [0.717, 1.165) is 18.3 Å². The predicted molar refractivity (Wildman–Crippen MR) is 112 cm³/mol. The third kappa shape index (κ3) is 4.80. The zero-order valence-corrected chi connectivity index (χ0v) is 20.0. The fourth-order valence-electron chi connectivity index (χ4n) is 3.30. The van der Waals surface area contributed by atoms with Crippen molar-refractivity contribution in [3.8, 4) is 11.3 Å². The number of nitrogens with one attached hydrogen (secondary N) is 1. The molecule has 1 N–H and O–H groups in total. The molecule has 1 atom stereocenters. The molecule has 0 fully saturated rings. The van der Waals surface area contributed by atoms with Gasteiger partial charge in [-0.15, -0.1) is 0 Å². The molecule has 210 valence electrons. The largest absolute Gasteiger partial charge is 0.460 e. The molecule has 18 heteroatoms. The number of aromatic nitrogens is 3. The Hall–Kier alpha value is -3.31. The summed E-state index contributed by atoms with van der Waals surface area (Å²) in [5, 5.41) is -0.441. The smallest absolute Gasteiger partial charge is 0.376 e. The van der Waals surface area contributed by atoms with Crippen molar-refractivity contribution in [2.24, 2.45) is 13.0 Å². The van der Waals surface area contributed by atoms with Crippen molar-refractivity contribution >= 4 is 27.5 Å². The predicted octanol–water partition coefficient (Wildman–Crippen LogP) is 4.96. The third-order valence-corrected chi connectivity index (χ3v) is 6.77. The molecule has 0 radical (unpaired) electrons. The minimum Gasteiger partial charge on any atom is -0.376 e. The number of carbonyl (C=O) groups excluding carboxylic acids is 1. The van der Waals surface area contributed by atoms with Crippen LogP contribution in [-0.4, -0.2) is 52.4 Å². The normalized spacial score (nSPS) is 19.4. The minimum absolute atomic E-state index is 0.0906. The Labute approximate surface area is 208 Å². The molecule has 0 aliphatic carbocycles. The van der Waals surface area contributed by atoms with Gasteiger partial charge in [0.25, 0.3) is 0 Å². The molecule has 8 nitrogen and oxygen atoms in total. The first-order chi connectivity index (χ1) is 17.2. The van der Waals surface area contributed by atoms with Gasteiger partial charge in [0.15, 0.2) is 5.76 Å². The Morgan fingerprint density at radius 2 is 1.71 bits per heavy atom. The summed E-state index contributed by atoms with van der Waals surface area (Å²) in [7, 11) is -5.76. The highest BCUT2D eigenvalue weighted by Crippen LogP contribution is 2.55. The zero-order valence-electron chi connectivity index (χ0n) is 19.2. The summed E-state index contributed by atoms with van der Waals surface area (Å²) in [4.78, 5) is 16.2. The van der Waals surface area contributed by atoms with Crippen molar-refractivity contribution in [3.63, 3.8) is 0 Å². The van der Waals surface area contributed by atoms with Crippen LogP contribution in [-0.2, 0) is 26.1 Å². The van der Waals surface area contributed by atoms with Crippen LogP contribution < -0.4 is 5.32 Å². The molecule has 38 heavy (non-hydrogen) atoms. The molecular weight excluding hydrogens is 563 g/mol. The number of hydrogen-bond acceptors (Lipinski definition) is 6. The van der Waals surface area contributed by atoms with Gasteiger partial charge in [0.1, 0.15) is 5.69 Å². The second-order valence-electron chi connectivity index (χ2n) is 8.20. The molecule has 0 unspecified atom stereocenters. The van der Waals surface area contributed by atoms with Gasteiger partial charge < -0.3 is 9.50 Å². The topological polar surface area (TPSA) is 103 Å². The molecule has 2 aromatic rings. The number of rotatable bonds is 5. The van der Waals surface area contributed by atoms with Crippen LogP contribution in [0.3, 0.4) is 0 Å². The standard InChI is InChI=1S/C20H17F9N4O4S/c1-10-4-3-5-14(37-38(35,36)20(28,29)18(23,24)17(21,22)19(25,26)27)12-8-11(6-7-30-12)15-13(32-16(10)34)9-31-33(15)2/h5-10H,3-4H2,1-2H3,(H,32,34)/b14-5+/t10-/m1/s1. The van der Waals surface area contributed by atoms with Crippen LogP contribution in [0.15, 0.2) is 30.6 Å². The van der Waals surface area contributed by atoms with Crippen LogP contribution in [0.4, 0.5) is 45.2 Å². The Kier molecular flexibility index (Phi) is 7.28. The highest BCUT2D eigenvalue weighted by Gasteiger charge is 2.86. The number of aryl methyl sites for hydroxylation is 1. The van der Waals surface area contributed by atoms with Crippen molar-refractivity contribution in [1.29, 1.82) is 0 Å². The zero-order chi connectivity index (χ0) is 28.9. The molecule has 1 aliphatic rings. The van der Waals surface area contributed by atoms with Gasteiger partial charge in [-0.3, -0.25) is 14.5 Å². The number of amides is 1. The van der Waals surface area contributed by atoms with Crippen LogP contribution in [0.2, 0.25) is 0 Å². The minimum atomic E-state index is -7.46. The Bertz CT molecular complexity index is 1370. The molecule has 0 saturated heterocycles. The molecular formula is C20H17F9N4O4S. The highest BCUT2D eigenvalue weighted by molar-refractivity contribution is 7.88. The SMILES string of the molecule is C[C@@H]1CC/C=C(/OS(=O)(=O)C(F)(F)C(F)(F)C(F)(F)C(F)(F)F)c2cc(ccn2)-c2c(cnn2C)NC1=O. The number of nitrogens with zero attached hydrogens (tertiary/aromatic N) is 3. The number of carbonyl (C=O) groups is 1. The lowest BCUT2D eigenvalue weighted by Gasteiger charge is -2.32. The summed E-state index contributed by atoms with van der Waals surface area (Å²) in [5.74, 6) is -17.4. The van der Waals surface area contributed by atoms with Gasteiger partial charge in [0.2, 0.25) is 5.91 Å². The molecule has 3 heterocycles. The summed E-state index contributed by atoms with van der Waals surface area (Å²) >= 11 is 0. The lowest BCUT2D eigenvalue weighted by molar-refractivity contribution is -0.382. The van der Waals surface area contributed by atoms with Crippen molar-refractivity contribution in [3.05, 3.63) is 36.3 Å². The van der Waals surface area contributed by atoms with Crippen LogP contribution in [0.1, 0.15) is 25.5 Å². The van der Waals surface area contributed by atoms with Gasteiger partial charge in [-0.05, 0) is 31.1 Å². The summed E-state index contributed by atoms with van der Waals surface area (Å²) in [6.07, 6.45) is -4.61. The number of hydrogen-bond donors (Lipinski definition) is 1. The van der Waals surface area contributed by atoms with Gasteiger partial charge in [-0.25, -0.2) is 0 Å². The average molecular weight is 580 g/mol. The summed E-state index contributed by atoms with van der Waals surface area (Å²) in [5.41, 5.74) is -0.0639. The van der Waals surface area contributed by atoms with E-state index in [9.17, 15) is 52.7 Å². The molecule has 0 spiro atoms.